The van der Waals surface area contributed by atoms with E-state index in [9.17, 15) is 0 Å². The second-order valence-corrected chi connectivity index (χ2v) is 13.3. The van der Waals surface area contributed by atoms with E-state index < -0.39 is 0 Å². The first kappa shape index (κ1) is 29.2. The van der Waals surface area contributed by atoms with Crippen molar-refractivity contribution in [3.8, 4) is 11.1 Å². The molecule has 0 amide bonds. The maximum Gasteiger partial charge on any atom is 0.143 e. The number of hydrogen-bond donors (Lipinski definition) is 0. The fraction of sp³-hybridized carbons (Fsp3) is 0.0208. The van der Waals surface area contributed by atoms with Gasteiger partial charge in [0.15, 0.2) is 0 Å². The van der Waals surface area contributed by atoms with E-state index in [1.165, 1.54) is 32.3 Å². The van der Waals surface area contributed by atoms with Gasteiger partial charge >= 0.3 is 0 Å². The summed E-state index contributed by atoms with van der Waals surface area (Å²) in [4.78, 5) is 5.45. The minimum absolute atomic E-state index is 0.889. The molecule has 0 unspecified atom stereocenters. The van der Waals surface area contributed by atoms with Gasteiger partial charge in [0.05, 0.1) is 16.7 Å². The Balaban J connectivity index is 1.18. The topological polar surface area (TPSA) is 30.4 Å². The third-order valence-electron chi connectivity index (χ3n) is 10.3. The first-order chi connectivity index (χ1) is 25.1. The van der Waals surface area contributed by atoms with Crippen LogP contribution in [0.15, 0.2) is 173 Å². The number of furan rings is 1. The van der Waals surface area contributed by atoms with Crippen molar-refractivity contribution in [1.82, 2.24) is 4.57 Å². The Kier molecular flexibility index (Phi) is 6.55. The van der Waals surface area contributed by atoms with E-state index in [1.807, 2.05) is 18.2 Å². The Labute approximate surface area is 294 Å². The van der Waals surface area contributed by atoms with E-state index in [2.05, 4.69) is 164 Å². The smallest absolute Gasteiger partial charge is 0.143 e. The summed E-state index contributed by atoms with van der Waals surface area (Å²) in [5, 5.41) is 11.4. The van der Waals surface area contributed by atoms with Gasteiger partial charge in [0.1, 0.15) is 17.0 Å². The van der Waals surface area contributed by atoms with E-state index in [1.54, 1.807) is 0 Å². The largest absolute Gasteiger partial charge is 0.455 e. The van der Waals surface area contributed by atoms with Crippen molar-refractivity contribution in [2.24, 2.45) is 4.99 Å². The summed E-state index contributed by atoms with van der Waals surface area (Å²) in [5.74, 6) is 0.889. The summed E-state index contributed by atoms with van der Waals surface area (Å²) in [6, 6.07) is 57.9. The Bertz CT molecular complexity index is 3180. The monoisotopic (exact) mass is 652 g/mol. The SMILES string of the molecule is C=c1cccc/c1=C(/N=C(\C)n1c2ccccc2c2c3ccc(-c4cccc5c4oc4ccccc45)cc3ccc21)c1ccc2ccccc2c1. The third kappa shape index (κ3) is 4.63. The highest BCUT2D eigenvalue weighted by molar-refractivity contribution is 6.24. The van der Waals surface area contributed by atoms with Crippen molar-refractivity contribution in [1.29, 1.82) is 0 Å². The molecule has 0 aliphatic rings. The fourth-order valence-corrected chi connectivity index (χ4v) is 7.87. The quantitative estimate of drug-likeness (QED) is 0.138. The summed E-state index contributed by atoms with van der Waals surface area (Å²) in [7, 11) is 0. The van der Waals surface area contributed by atoms with E-state index in [4.69, 9.17) is 9.41 Å². The van der Waals surface area contributed by atoms with E-state index in [0.29, 0.717) is 0 Å². The number of para-hydroxylation sites is 3. The van der Waals surface area contributed by atoms with Crippen LogP contribution < -0.4 is 10.4 Å². The standard InChI is InChI=1S/C48H32N2O/c1-30-12-3-6-15-37(30)47(36-23-22-32-13-4-5-14-33(32)28-36)49-31(2)50-43-20-9-7-17-42(43)46-38-26-24-35(29-34(38)25-27-44(46)50)39-18-11-19-41-40-16-8-10-21-45(40)51-48(39)41/h3-29H,1H2,2H3/b47-37-,49-31+. The van der Waals surface area contributed by atoms with Crippen molar-refractivity contribution in [3.05, 3.63) is 180 Å². The molecule has 0 aliphatic heterocycles. The van der Waals surface area contributed by atoms with Crippen LogP contribution in [0, 0.1) is 0 Å². The normalized spacial score (nSPS) is 12.9. The highest BCUT2D eigenvalue weighted by Gasteiger charge is 2.17. The highest BCUT2D eigenvalue weighted by atomic mass is 16.3. The molecule has 0 saturated heterocycles. The van der Waals surface area contributed by atoms with Gasteiger partial charge in [-0.05, 0) is 69.6 Å². The lowest BCUT2D eigenvalue weighted by molar-refractivity contribution is 0.670. The van der Waals surface area contributed by atoms with E-state index in [-0.39, 0.29) is 0 Å². The number of fused-ring (bicyclic) bond motifs is 9. The van der Waals surface area contributed by atoms with Gasteiger partial charge in [0.25, 0.3) is 0 Å². The molecule has 0 radical (unpaired) electrons. The Morgan fingerprint density at radius 1 is 0.569 bits per heavy atom. The summed E-state index contributed by atoms with van der Waals surface area (Å²) in [6.45, 7) is 6.50. The number of hydrogen-bond acceptors (Lipinski definition) is 2. The van der Waals surface area contributed by atoms with Crippen LogP contribution in [-0.2, 0) is 0 Å². The van der Waals surface area contributed by atoms with Crippen molar-refractivity contribution < 1.29 is 4.42 Å². The molecule has 0 aliphatic carbocycles. The molecular formula is C48H32N2O. The molecule has 3 nitrogen and oxygen atoms in total. The molecule has 10 aromatic rings. The Morgan fingerprint density at radius 3 is 2.22 bits per heavy atom. The maximum atomic E-state index is 6.41. The zero-order chi connectivity index (χ0) is 34.1. The van der Waals surface area contributed by atoms with Crippen LogP contribution in [0.2, 0.25) is 0 Å². The molecule has 51 heavy (non-hydrogen) atoms. The van der Waals surface area contributed by atoms with Gasteiger partial charge in [-0.15, -0.1) is 0 Å². The lowest BCUT2D eigenvalue weighted by atomic mass is 9.97. The van der Waals surface area contributed by atoms with Crippen LogP contribution in [0.3, 0.4) is 0 Å². The minimum Gasteiger partial charge on any atom is -0.455 e. The number of aromatic nitrogens is 1. The number of aliphatic imine (C=N–C) groups is 1. The fourth-order valence-electron chi connectivity index (χ4n) is 7.87. The van der Waals surface area contributed by atoms with E-state index >= 15 is 0 Å². The number of nitrogens with zero attached hydrogens (tertiary/aromatic N) is 2. The van der Waals surface area contributed by atoms with Crippen molar-refractivity contribution in [2.45, 2.75) is 6.92 Å². The van der Waals surface area contributed by atoms with Crippen LogP contribution in [0.4, 0.5) is 0 Å². The molecule has 2 heterocycles. The summed E-state index contributed by atoms with van der Waals surface area (Å²) in [5.41, 5.74) is 8.27. The first-order valence-electron chi connectivity index (χ1n) is 17.3. The van der Waals surface area contributed by atoms with Crippen molar-refractivity contribution in [3.63, 3.8) is 0 Å². The molecule has 2 aromatic heterocycles. The molecule has 0 saturated carbocycles. The zero-order valence-electron chi connectivity index (χ0n) is 28.1. The lowest BCUT2D eigenvalue weighted by Crippen LogP contribution is -2.25. The van der Waals surface area contributed by atoms with Gasteiger partial charge < -0.3 is 4.42 Å². The third-order valence-corrected chi connectivity index (χ3v) is 10.3. The van der Waals surface area contributed by atoms with Crippen LogP contribution in [0.5, 0.6) is 0 Å². The van der Waals surface area contributed by atoms with Crippen LogP contribution in [0.1, 0.15) is 12.5 Å². The predicted molar refractivity (Wildman–Crippen MR) is 216 cm³/mol. The maximum absolute atomic E-state index is 6.41. The molecule has 0 N–H and O–H groups in total. The average molecular weight is 653 g/mol. The molecule has 0 spiro atoms. The van der Waals surface area contributed by atoms with Gasteiger partial charge in [0, 0.05) is 37.9 Å². The predicted octanol–water partition coefficient (Wildman–Crippen LogP) is 11.2. The second kappa shape index (κ2) is 11.4. The second-order valence-electron chi connectivity index (χ2n) is 13.3. The molecule has 3 heteroatoms. The summed E-state index contributed by atoms with van der Waals surface area (Å²) >= 11 is 0. The molecule has 0 atom stereocenters. The van der Waals surface area contributed by atoms with Gasteiger partial charge in [-0.25, -0.2) is 4.99 Å². The average Bonchev–Trinajstić information content (AvgIpc) is 3.73. The molecule has 0 bridgehead atoms. The van der Waals surface area contributed by atoms with Crippen LogP contribution >= 0.6 is 0 Å². The van der Waals surface area contributed by atoms with Crippen LogP contribution in [-0.4, -0.2) is 10.4 Å². The van der Waals surface area contributed by atoms with Gasteiger partial charge in [0.2, 0.25) is 0 Å². The number of rotatable bonds is 3. The molecule has 240 valence electrons. The van der Waals surface area contributed by atoms with E-state index in [0.717, 1.165) is 71.6 Å². The molecule has 8 aromatic carbocycles. The van der Waals surface area contributed by atoms with Gasteiger partial charge in [-0.2, -0.15) is 0 Å². The number of benzene rings is 8. The van der Waals surface area contributed by atoms with Gasteiger partial charge in [-0.1, -0.05) is 140 Å². The minimum atomic E-state index is 0.889. The highest BCUT2D eigenvalue weighted by Crippen LogP contribution is 2.39. The first-order valence-corrected chi connectivity index (χ1v) is 17.3. The Morgan fingerprint density at radius 2 is 1.31 bits per heavy atom. The van der Waals surface area contributed by atoms with Crippen molar-refractivity contribution >= 4 is 83.4 Å². The van der Waals surface area contributed by atoms with Crippen molar-refractivity contribution in [2.75, 3.05) is 0 Å². The summed E-state index contributed by atoms with van der Waals surface area (Å²) < 4.78 is 8.71. The van der Waals surface area contributed by atoms with Gasteiger partial charge in [-0.3, -0.25) is 4.57 Å². The van der Waals surface area contributed by atoms with Crippen LogP contribution in [0.25, 0.3) is 88.7 Å². The summed E-state index contributed by atoms with van der Waals surface area (Å²) in [6.07, 6.45) is 0. The molecular weight excluding hydrogens is 621 g/mol. The lowest BCUT2D eigenvalue weighted by Gasteiger charge is -2.11. The zero-order valence-corrected chi connectivity index (χ0v) is 28.1. The molecule has 0 fully saturated rings. The Hall–Kier alpha value is -6.71. The molecule has 10 rings (SSSR count).